The molecule has 0 rings (SSSR count). The highest BCUT2D eigenvalue weighted by Crippen LogP contribution is 2.21. The van der Waals surface area contributed by atoms with Gasteiger partial charge in [-0.05, 0) is 18.3 Å². The normalized spacial score (nSPS) is 15.0. The third-order valence-corrected chi connectivity index (χ3v) is 2.84. The van der Waals surface area contributed by atoms with Gasteiger partial charge < -0.3 is 15.7 Å². The molecule has 0 spiro atoms. The molecule has 0 aliphatic heterocycles. The zero-order valence-corrected chi connectivity index (χ0v) is 12.1. The molecule has 0 aromatic rings. The summed E-state index contributed by atoms with van der Waals surface area (Å²) in [6.07, 6.45) is 1.32. The second-order valence-electron chi connectivity index (χ2n) is 6.00. The van der Waals surface area contributed by atoms with Crippen LogP contribution < -0.4 is 5.73 Å². The van der Waals surface area contributed by atoms with E-state index in [2.05, 4.69) is 20.8 Å². The second kappa shape index (κ2) is 6.73. The maximum atomic E-state index is 11.9. The molecule has 0 bridgehead atoms. The number of carbonyl (C=O) groups excluding carboxylic acids is 1. The molecule has 0 aromatic carbocycles. The molecule has 0 heterocycles. The molecule has 2 atom stereocenters. The number of nitrogens with zero attached hydrogens (tertiary/aromatic N) is 1. The molecule has 1 amide bonds. The molecule has 0 saturated carbocycles. The van der Waals surface area contributed by atoms with Crippen LogP contribution in [0.15, 0.2) is 0 Å². The van der Waals surface area contributed by atoms with Gasteiger partial charge in [-0.3, -0.25) is 4.79 Å². The van der Waals surface area contributed by atoms with Crippen LogP contribution in [0.3, 0.4) is 0 Å². The standard InChI is InChI=1S/C13H26N2O3/c1-6-10(12(17)18)15(5)11(16)7-9(14)8-13(2,3)4/h9-10H,6-8,14H2,1-5H3,(H,17,18). The quantitative estimate of drug-likeness (QED) is 0.755. The maximum absolute atomic E-state index is 11.9. The van der Waals surface area contributed by atoms with E-state index in [4.69, 9.17) is 10.8 Å². The zero-order valence-electron chi connectivity index (χ0n) is 12.1. The van der Waals surface area contributed by atoms with Gasteiger partial charge in [-0.25, -0.2) is 4.79 Å². The monoisotopic (exact) mass is 258 g/mol. The summed E-state index contributed by atoms with van der Waals surface area (Å²) in [4.78, 5) is 24.2. The molecule has 0 aliphatic rings. The van der Waals surface area contributed by atoms with Crippen molar-refractivity contribution in [1.29, 1.82) is 0 Å². The van der Waals surface area contributed by atoms with E-state index in [1.54, 1.807) is 6.92 Å². The van der Waals surface area contributed by atoms with Crippen LogP contribution in [0.5, 0.6) is 0 Å². The fraction of sp³-hybridized carbons (Fsp3) is 0.846. The van der Waals surface area contributed by atoms with Gasteiger partial charge in [-0.1, -0.05) is 27.7 Å². The van der Waals surface area contributed by atoms with Gasteiger partial charge in [0.05, 0.1) is 0 Å². The Labute approximate surface area is 109 Å². The van der Waals surface area contributed by atoms with Crippen LogP contribution in [0.2, 0.25) is 0 Å². The number of amides is 1. The number of aliphatic carboxylic acids is 1. The molecule has 2 unspecified atom stereocenters. The Hall–Kier alpha value is -1.10. The topological polar surface area (TPSA) is 83.6 Å². The number of rotatable bonds is 6. The second-order valence-corrected chi connectivity index (χ2v) is 6.00. The average Bonchev–Trinajstić information content (AvgIpc) is 2.14. The first kappa shape index (κ1) is 16.9. The number of carboxylic acids is 1. The molecule has 0 fully saturated rings. The highest BCUT2D eigenvalue weighted by Gasteiger charge is 2.26. The summed E-state index contributed by atoms with van der Waals surface area (Å²) >= 11 is 0. The lowest BCUT2D eigenvalue weighted by atomic mass is 9.87. The van der Waals surface area contributed by atoms with Gasteiger partial charge in [0.1, 0.15) is 6.04 Å². The molecule has 0 saturated heterocycles. The molecule has 5 heteroatoms. The van der Waals surface area contributed by atoms with E-state index in [0.29, 0.717) is 6.42 Å². The fourth-order valence-corrected chi connectivity index (χ4v) is 2.01. The number of carboxylic acid groups (broad SMARTS) is 1. The van der Waals surface area contributed by atoms with Crippen molar-refractivity contribution in [2.75, 3.05) is 7.05 Å². The lowest BCUT2D eigenvalue weighted by Gasteiger charge is -2.27. The van der Waals surface area contributed by atoms with Crippen molar-refractivity contribution < 1.29 is 14.7 Å². The summed E-state index contributed by atoms with van der Waals surface area (Å²) in [6, 6.07) is -0.995. The molecule has 0 aromatic heterocycles. The van der Waals surface area contributed by atoms with Crippen LogP contribution in [-0.2, 0) is 9.59 Å². The fourth-order valence-electron chi connectivity index (χ4n) is 2.01. The molecular formula is C13H26N2O3. The molecule has 18 heavy (non-hydrogen) atoms. The van der Waals surface area contributed by atoms with Crippen LogP contribution in [0, 0.1) is 5.41 Å². The molecule has 0 aliphatic carbocycles. The summed E-state index contributed by atoms with van der Waals surface area (Å²) in [7, 11) is 1.52. The Kier molecular flexibility index (Phi) is 6.32. The Morgan fingerprint density at radius 3 is 2.17 bits per heavy atom. The Bertz CT molecular complexity index is 297. The van der Waals surface area contributed by atoms with Gasteiger partial charge in [-0.15, -0.1) is 0 Å². The number of hydrogen-bond acceptors (Lipinski definition) is 3. The Morgan fingerprint density at radius 2 is 1.83 bits per heavy atom. The molecule has 3 N–H and O–H groups in total. The van der Waals surface area contributed by atoms with E-state index in [0.717, 1.165) is 6.42 Å². The maximum Gasteiger partial charge on any atom is 0.326 e. The van der Waals surface area contributed by atoms with E-state index >= 15 is 0 Å². The predicted octanol–water partition coefficient (Wildman–Crippen LogP) is 1.46. The van der Waals surface area contributed by atoms with Crippen LogP contribution in [0.25, 0.3) is 0 Å². The van der Waals surface area contributed by atoms with Gasteiger partial charge in [-0.2, -0.15) is 0 Å². The van der Waals surface area contributed by atoms with E-state index in [-0.39, 0.29) is 23.8 Å². The molecule has 5 nitrogen and oxygen atoms in total. The minimum atomic E-state index is -0.974. The summed E-state index contributed by atoms with van der Waals surface area (Å²) in [5.41, 5.74) is 5.99. The zero-order chi connectivity index (χ0) is 14.5. The largest absolute Gasteiger partial charge is 0.480 e. The van der Waals surface area contributed by atoms with Crippen molar-refractivity contribution in [1.82, 2.24) is 4.90 Å². The van der Waals surface area contributed by atoms with E-state index in [1.165, 1.54) is 11.9 Å². The summed E-state index contributed by atoms with van der Waals surface area (Å²) in [6.45, 7) is 7.94. The lowest BCUT2D eigenvalue weighted by molar-refractivity contribution is -0.149. The van der Waals surface area contributed by atoms with E-state index < -0.39 is 12.0 Å². The van der Waals surface area contributed by atoms with Crippen molar-refractivity contribution >= 4 is 11.9 Å². The molecule has 0 radical (unpaired) electrons. The van der Waals surface area contributed by atoms with E-state index in [9.17, 15) is 9.59 Å². The summed E-state index contributed by atoms with van der Waals surface area (Å²) < 4.78 is 0. The van der Waals surface area contributed by atoms with Crippen molar-refractivity contribution in [3.05, 3.63) is 0 Å². The summed E-state index contributed by atoms with van der Waals surface area (Å²) in [5, 5.41) is 8.99. The number of likely N-dealkylation sites (N-methyl/N-ethyl adjacent to an activating group) is 1. The minimum absolute atomic E-state index is 0.0647. The minimum Gasteiger partial charge on any atom is -0.480 e. The van der Waals surface area contributed by atoms with Crippen LogP contribution in [0.4, 0.5) is 0 Å². The number of carbonyl (C=O) groups is 2. The first-order valence-electron chi connectivity index (χ1n) is 6.32. The van der Waals surface area contributed by atoms with Crippen molar-refractivity contribution in [2.45, 2.75) is 59.0 Å². The predicted molar refractivity (Wildman–Crippen MR) is 71.1 cm³/mol. The van der Waals surface area contributed by atoms with Crippen molar-refractivity contribution in [3.8, 4) is 0 Å². The SMILES string of the molecule is CCC(C(=O)O)N(C)C(=O)CC(N)CC(C)(C)C. The first-order valence-corrected chi connectivity index (χ1v) is 6.32. The van der Waals surface area contributed by atoms with Crippen LogP contribution >= 0.6 is 0 Å². The highest BCUT2D eigenvalue weighted by atomic mass is 16.4. The van der Waals surface area contributed by atoms with Gasteiger partial charge in [0.25, 0.3) is 0 Å². The summed E-state index contributed by atoms with van der Waals surface area (Å²) in [5.74, 6) is -1.18. The van der Waals surface area contributed by atoms with Gasteiger partial charge in [0, 0.05) is 19.5 Å². The van der Waals surface area contributed by atoms with Crippen LogP contribution in [-0.4, -0.2) is 41.0 Å². The molecular weight excluding hydrogens is 232 g/mol. The Morgan fingerprint density at radius 1 is 1.33 bits per heavy atom. The third kappa shape index (κ3) is 6.00. The smallest absolute Gasteiger partial charge is 0.326 e. The third-order valence-electron chi connectivity index (χ3n) is 2.84. The van der Waals surface area contributed by atoms with Crippen molar-refractivity contribution in [2.24, 2.45) is 11.1 Å². The highest BCUT2D eigenvalue weighted by molar-refractivity contribution is 5.83. The lowest BCUT2D eigenvalue weighted by Crippen LogP contribution is -2.44. The van der Waals surface area contributed by atoms with Gasteiger partial charge >= 0.3 is 5.97 Å². The Balaban J connectivity index is 4.44. The average molecular weight is 258 g/mol. The van der Waals surface area contributed by atoms with Gasteiger partial charge in [0.2, 0.25) is 5.91 Å². The van der Waals surface area contributed by atoms with Gasteiger partial charge in [0.15, 0.2) is 0 Å². The number of hydrogen-bond donors (Lipinski definition) is 2. The number of nitrogens with two attached hydrogens (primary N) is 1. The van der Waals surface area contributed by atoms with Crippen LogP contribution in [0.1, 0.15) is 47.0 Å². The van der Waals surface area contributed by atoms with E-state index in [1.807, 2.05) is 0 Å². The first-order chi connectivity index (χ1) is 8.08. The molecule has 106 valence electrons. The van der Waals surface area contributed by atoms with Crippen molar-refractivity contribution in [3.63, 3.8) is 0 Å².